The molecule has 0 radical (unpaired) electrons. The summed E-state index contributed by atoms with van der Waals surface area (Å²) in [7, 11) is 2.07. The molecule has 0 saturated heterocycles. The molecule has 0 fully saturated rings. The Morgan fingerprint density at radius 2 is 1.81 bits per heavy atom. The van der Waals surface area contributed by atoms with Crippen LogP contribution >= 0.6 is 0 Å². The second-order valence-electron chi connectivity index (χ2n) is 5.31. The first kappa shape index (κ1) is 15.9. The fourth-order valence-electron chi connectivity index (χ4n) is 2.52. The van der Waals surface area contributed by atoms with Crippen LogP contribution in [-0.2, 0) is 0 Å². The van der Waals surface area contributed by atoms with E-state index in [2.05, 4.69) is 45.0 Å². The second-order valence-corrected chi connectivity index (χ2v) is 5.31. The number of nitrogens with zero attached hydrogens (tertiary/aromatic N) is 1. The highest BCUT2D eigenvalue weighted by Gasteiger charge is 2.24. The molecule has 0 aliphatic heterocycles. The summed E-state index contributed by atoms with van der Waals surface area (Å²) in [5.74, 6) is 0. The first-order valence-corrected chi connectivity index (χ1v) is 6.98. The zero-order valence-corrected chi connectivity index (χ0v) is 12.1. The van der Waals surface area contributed by atoms with Gasteiger partial charge in [0.15, 0.2) is 0 Å². The first-order chi connectivity index (χ1) is 7.61. The van der Waals surface area contributed by atoms with Crippen molar-refractivity contribution in [2.45, 2.75) is 53.4 Å². The van der Waals surface area contributed by atoms with Crippen molar-refractivity contribution in [1.29, 1.82) is 0 Å². The third kappa shape index (κ3) is 6.49. The van der Waals surface area contributed by atoms with Crippen molar-refractivity contribution in [3.05, 3.63) is 0 Å². The number of hydrogen-bond donors (Lipinski definition) is 1. The molecule has 1 N–H and O–H groups in total. The Kier molecular flexibility index (Phi) is 8.96. The fraction of sp³-hybridized carbons (Fsp3) is 1.00. The van der Waals surface area contributed by atoms with E-state index in [1.807, 2.05) is 0 Å². The predicted molar refractivity (Wildman–Crippen MR) is 74.0 cm³/mol. The van der Waals surface area contributed by atoms with Crippen LogP contribution in [0.15, 0.2) is 0 Å². The lowest BCUT2D eigenvalue weighted by molar-refractivity contribution is 0.155. The number of nitrogens with one attached hydrogen (secondary N) is 1. The standard InChI is InChI=1S/C14H32N2/c1-6-9-11-16(8-3)13-14(4,10-7-2)12-15-5/h15H,6-13H2,1-5H3. The average molecular weight is 228 g/mol. The molecule has 0 heterocycles. The molecule has 0 spiro atoms. The molecule has 16 heavy (non-hydrogen) atoms. The summed E-state index contributed by atoms with van der Waals surface area (Å²) in [6.45, 7) is 14.1. The van der Waals surface area contributed by atoms with Gasteiger partial charge in [-0.15, -0.1) is 0 Å². The number of hydrogen-bond acceptors (Lipinski definition) is 2. The van der Waals surface area contributed by atoms with Crippen LogP contribution < -0.4 is 5.32 Å². The molecule has 0 rings (SSSR count). The zero-order chi connectivity index (χ0) is 12.4. The van der Waals surface area contributed by atoms with Gasteiger partial charge < -0.3 is 10.2 Å². The van der Waals surface area contributed by atoms with E-state index in [4.69, 9.17) is 0 Å². The summed E-state index contributed by atoms with van der Waals surface area (Å²) in [5, 5.41) is 3.35. The molecular weight excluding hydrogens is 196 g/mol. The van der Waals surface area contributed by atoms with E-state index in [9.17, 15) is 0 Å². The van der Waals surface area contributed by atoms with E-state index in [0.29, 0.717) is 5.41 Å². The molecule has 98 valence electrons. The molecule has 0 aliphatic rings. The van der Waals surface area contributed by atoms with E-state index in [1.54, 1.807) is 0 Å². The highest BCUT2D eigenvalue weighted by molar-refractivity contribution is 4.79. The Labute approximate surface area is 103 Å². The summed E-state index contributed by atoms with van der Waals surface area (Å²) in [6.07, 6.45) is 5.22. The van der Waals surface area contributed by atoms with Crippen LogP contribution in [-0.4, -0.2) is 38.1 Å². The van der Waals surface area contributed by atoms with Crippen LogP contribution in [0.3, 0.4) is 0 Å². The average Bonchev–Trinajstić information content (AvgIpc) is 2.25. The largest absolute Gasteiger partial charge is 0.319 e. The van der Waals surface area contributed by atoms with E-state index >= 15 is 0 Å². The van der Waals surface area contributed by atoms with E-state index < -0.39 is 0 Å². The summed E-state index contributed by atoms with van der Waals surface area (Å²) in [6, 6.07) is 0. The highest BCUT2D eigenvalue weighted by atomic mass is 15.1. The number of unbranched alkanes of at least 4 members (excludes halogenated alkanes) is 1. The molecule has 0 saturated carbocycles. The predicted octanol–water partition coefficient (Wildman–Crippen LogP) is 3.13. The third-order valence-electron chi connectivity index (χ3n) is 3.34. The summed E-state index contributed by atoms with van der Waals surface area (Å²) in [4.78, 5) is 2.61. The van der Waals surface area contributed by atoms with E-state index in [1.165, 1.54) is 45.3 Å². The van der Waals surface area contributed by atoms with Crippen LogP contribution in [0.1, 0.15) is 53.4 Å². The molecule has 1 unspecified atom stereocenters. The quantitative estimate of drug-likeness (QED) is 0.618. The molecule has 0 aromatic carbocycles. The molecule has 2 heteroatoms. The zero-order valence-electron chi connectivity index (χ0n) is 12.1. The van der Waals surface area contributed by atoms with Crippen molar-refractivity contribution in [2.75, 3.05) is 33.2 Å². The molecule has 0 aromatic heterocycles. The summed E-state index contributed by atoms with van der Waals surface area (Å²) < 4.78 is 0. The van der Waals surface area contributed by atoms with Gasteiger partial charge in [0.2, 0.25) is 0 Å². The van der Waals surface area contributed by atoms with Crippen molar-refractivity contribution in [2.24, 2.45) is 5.41 Å². The van der Waals surface area contributed by atoms with Crippen LogP contribution in [0.2, 0.25) is 0 Å². The topological polar surface area (TPSA) is 15.3 Å². The van der Waals surface area contributed by atoms with Gasteiger partial charge in [-0.1, -0.05) is 40.5 Å². The molecule has 0 amide bonds. The van der Waals surface area contributed by atoms with Crippen LogP contribution in [0.5, 0.6) is 0 Å². The van der Waals surface area contributed by atoms with Gasteiger partial charge in [-0.25, -0.2) is 0 Å². The summed E-state index contributed by atoms with van der Waals surface area (Å²) in [5.41, 5.74) is 0.438. The van der Waals surface area contributed by atoms with Gasteiger partial charge >= 0.3 is 0 Å². The van der Waals surface area contributed by atoms with Crippen LogP contribution in [0.4, 0.5) is 0 Å². The van der Waals surface area contributed by atoms with E-state index in [-0.39, 0.29) is 0 Å². The van der Waals surface area contributed by atoms with Crippen molar-refractivity contribution in [1.82, 2.24) is 10.2 Å². The van der Waals surface area contributed by atoms with E-state index in [0.717, 1.165) is 6.54 Å². The highest BCUT2D eigenvalue weighted by Crippen LogP contribution is 2.23. The Morgan fingerprint density at radius 3 is 2.25 bits per heavy atom. The minimum absolute atomic E-state index is 0.438. The molecule has 0 aromatic rings. The van der Waals surface area contributed by atoms with Gasteiger partial charge in [0, 0.05) is 13.1 Å². The lowest BCUT2D eigenvalue weighted by Gasteiger charge is -2.35. The SMILES string of the molecule is CCCCN(CC)CC(C)(CCC)CNC. The second kappa shape index (κ2) is 9.00. The summed E-state index contributed by atoms with van der Waals surface area (Å²) >= 11 is 0. The lowest BCUT2D eigenvalue weighted by Crippen LogP contribution is -2.42. The van der Waals surface area contributed by atoms with Gasteiger partial charge in [-0.2, -0.15) is 0 Å². The minimum Gasteiger partial charge on any atom is -0.319 e. The molecule has 1 atom stereocenters. The van der Waals surface area contributed by atoms with Gasteiger partial charge in [-0.3, -0.25) is 0 Å². The Balaban J connectivity index is 4.21. The minimum atomic E-state index is 0.438. The molecular formula is C14H32N2. The fourth-order valence-corrected chi connectivity index (χ4v) is 2.52. The van der Waals surface area contributed by atoms with Crippen LogP contribution in [0.25, 0.3) is 0 Å². The maximum atomic E-state index is 3.35. The van der Waals surface area contributed by atoms with Crippen molar-refractivity contribution in [3.8, 4) is 0 Å². The monoisotopic (exact) mass is 228 g/mol. The van der Waals surface area contributed by atoms with Crippen molar-refractivity contribution >= 4 is 0 Å². The number of rotatable bonds is 10. The Hall–Kier alpha value is -0.0800. The normalized spacial score (nSPS) is 15.4. The van der Waals surface area contributed by atoms with Crippen LogP contribution in [0, 0.1) is 5.41 Å². The molecule has 0 aliphatic carbocycles. The van der Waals surface area contributed by atoms with Crippen molar-refractivity contribution < 1.29 is 0 Å². The van der Waals surface area contributed by atoms with Gasteiger partial charge in [0.25, 0.3) is 0 Å². The smallest absolute Gasteiger partial charge is 0.00474 e. The van der Waals surface area contributed by atoms with Crippen molar-refractivity contribution in [3.63, 3.8) is 0 Å². The van der Waals surface area contributed by atoms with Gasteiger partial charge in [-0.05, 0) is 38.4 Å². The Morgan fingerprint density at radius 1 is 1.12 bits per heavy atom. The van der Waals surface area contributed by atoms with Gasteiger partial charge in [0.1, 0.15) is 0 Å². The maximum Gasteiger partial charge on any atom is 0.00474 e. The first-order valence-electron chi connectivity index (χ1n) is 6.98. The molecule has 0 bridgehead atoms. The Bertz CT molecular complexity index is 151. The third-order valence-corrected chi connectivity index (χ3v) is 3.34. The maximum absolute atomic E-state index is 3.35. The van der Waals surface area contributed by atoms with Gasteiger partial charge in [0.05, 0.1) is 0 Å². The lowest BCUT2D eigenvalue weighted by atomic mass is 9.84. The molecule has 2 nitrogen and oxygen atoms in total.